The lowest BCUT2D eigenvalue weighted by molar-refractivity contribution is -0.0117. The summed E-state index contributed by atoms with van der Waals surface area (Å²) in [4.78, 5) is 2.72. The molecule has 0 aromatic rings. The van der Waals surface area contributed by atoms with Gasteiger partial charge < -0.3 is 5.32 Å². The maximum atomic E-state index is 3.84. The van der Waals surface area contributed by atoms with Gasteiger partial charge in [0.25, 0.3) is 0 Å². The second-order valence-corrected chi connectivity index (χ2v) is 6.62. The van der Waals surface area contributed by atoms with Crippen LogP contribution in [0.5, 0.6) is 0 Å². The molecule has 2 fully saturated rings. The van der Waals surface area contributed by atoms with Gasteiger partial charge in [0.1, 0.15) is 0 Å². The van der Waals surface area contributed by atoms with Gasteiger partial charge in [0.2, 0.25) is 0 Å². The summed E-state index contributed by atoms with van der Waals surface area (Å²) in [5.41, 5.74) is 0.724. The van der Waals surface area contributed by atoms with E-state index in [1.807, 2.05) is 0 Å². The van der Waals surface area contributed by atoms with Crippen molar-refractivity contribution in [1.82, 2.24) is 10.2 Å². The standard InChI is InChI=1S/C14H28N2/c1-6-13(4)9-15-14(5,12-7-8-12)10-16(13)11(2)3/h11-12,15H,6-10H2,1-5H3. The average molecular weight is 224 g/mol. The molecule has 1 saturated carbocycles. The predicted octanol–water partition coefficient (Wildman–Crippen LogP) is 2.64. The SMILES string of the molecule is CCC1(C)CNC(C)(C2CC2)CN1C(C)C. The summed E-state index contributed by atoms with van der Waals surface area (Å²) in [7, 11) is 0. The van der Waals surface area contributed by atoms with Crippen LogP contribution in [0, 0.1) is 5.92 Å². The second-order valence-electron chi connectivity index (χ2n) is 6.62. The second kappa shape index (κ2) is 3.99. The van der Waals surface area contributed by atoms with E-state index in [1.165, 1.54) is 25.8 Å². The minimum atomic E-state index is 0.350. The van der Waals surface area contributed by atoms with Gasteiger partial charge in [0, 0.05) is 30.2 Å². The van der Waals surface area contributed by atoms with E-state index in [4.69, 9.17) is 0 Å². The van der Waals surface area contributed by atoms with Gasteiger partial charge in [-0.3, -0.25) is 4.90 Å². The molecular weight excluding hydrogens is 196 g/mol. The molecule has 0 spiro atoms. The Morgan fingerprint density at radius 1 is 1.31 bits per heavy atom. The quantitative estimate of drug-likeness (QED) is 0.793. The van der Waals surface area contributed by atoms with E-state index in [-0.39, 0.29) is 0 Å². The molecule has 2 aliphatic rings. The highest BCUT2D eigenvalue weighted by Crippen LogP contribution is 2.43. The first-order valence-corrected chi connectivity index (χ1v) is 6.93. The minimum absolute atomic E-state index is 0.350. The Morgan fingerprint density at radius 3 is 2.38 bits per heavy atom. The van der Waals surface area contributed by atoms with Crippen LogP contribution in [0.1, 0.15) is 53.9 Å². The monoisotopic (exact) mass is 224 g/mol. The Labute approximate surface area is 101 Å². The Morgan fingerprint density at radius 2 is 1.94 bits per heavy atom. The van der Waals surface area contributed by atoms with Crippen molar-refractivity contribution in [2.24, 2.45) is 5.92 Å². The fourth-order valence-electron chi connectivity index (χ4n) is 3.22. The van der Waals surface area contributed by atoms with E-state index in [9.17, 15) is 0 Å². The number of rotatable bonds is 3. The van der Waals surface area contributed by atoms with E-state index in [0.717, 1.165) is 12.5 Å². The maximum absolute atomic E-state index is 3.84. The predicted molar refractivity (Wildman–Crippen MR) is 69.7 cm³/mol. The molecule has 0 bridgehead atoms. The van der Waals surface area contributed by atoms with Gasteiger partial charge >= 0.3 is 0 Å². The summed E-state index contributed by atoms with van der Waals surface area (Å²) in [5.74, 6) is 0.926. The normalized spacial score (nSPS) is 41.6. The molecule has 94 valence electrons. The van der Waals surface area contributed by atoms with Crippen molar-refractivity contribution in [2.45, 2.75) is 71.0 Å². The zero-order valence-electron chi connectivity index (χ0n) is 11.6. The van der Waals surface area contributed by atoms with Crippen molar-refractivity contribution in [3.8, 4) is 0 Å². The van der Waals surface area contributed by atoms with Crippen LogP contribution in [-0.4, -0.2) is 35.1 Å². The van der Waals surface area contributed by atoms with E-state index < -0.39 is 0 Å². The van der Waals surface area contributed by atoms with Crippen LogP contribution in [-0.2, 0) is 0 Å². The first-order chi connectivity index (χ1) is 7.41. The molecule has 2 atom stereocenters. The Balaban J connectivity index is 2.14. The molecule has 2 heteroatoms. The smallest absolute Gasteiger partial charge is 0.0309 e. The highest BCUT2D eigenvalue weighted by atomic mass is 15.3. The summed E-state index contributed by atoms with van der Waals surface area (Å²) in [6.45, 7) is 14.2. The van der Waals surface area contributed by atoms with E-state index >= 15 is 0 Å². The topological polar surface area (TPSA) is 15.3 Å². The first-order valence-electron chi connectivity index (χ1n) is 6.93. The molecule has 2 nitrogen and oxygen atoms in total. The molecule has 2 unspecified atom stereocenters. The van der Waals surface area contributed by atoms with Crippen LogP contribution >= 0.6 is 0 Å². The average Bonchev–Trinajstić information content (AvgIpc) is 3.05. The lowest BCUT2D eigenvalue weighted by atomic mass is 9.83. The van der Waals surface area contributed by atoms with E-state index in [2.05, 4.69) is 44.8 Å². The van der Waals surface area contributed by atoms with Gasteiger partial charge in [-0.2, -0.15) is 0 Å². The molecule has 0 amide bonds. The highest BCUT2D eigenvalue weighted by molar-refractivity contribution is 5.07. The van der Waals surface area contributed by atoms with Crippen LogP contribution < -0.4 is 5.32 Å². The molecule has 1 N–H and O–H groups in total. The summed E-state index contributed by atoms with van der Waals surface area (Å²) >= 11 is 0. The van der Waals surface area contributed by atoms with Gasteiger partial charge in [-0.25, -0.2) is 0 Å². The molecule has 1 aliphatic carbocycles. The fraction of sp³-hybridized carbons (Fsp3) is 1.00. The molecule has 1 saturated heterocycles. The van der Waals surface area contributed by atoms with Crippen LogP contribution in [0.3, 0.4) is 0 Å². The Bertz CT molecular complexity index is 259. The lowest BCUT2D eigenvalue weighted by Crippen LogP contribution is -2.70. The fourth-order valence-corrected chi connectivity index (χ4v) is 3.22. The molecule has 1 aliphatic heterocycles. The molecule has 16 heavy (non-hydrogen) atoms. The van der Waals surface area contributed by atoms with Gasteiger partial charge in [0.15, 0.2) is 0 Å². The third-order valence-corrected chi connectivity index (χ3v) is 4.93. The molecule has 0 aromatic carbocycles. The zero-order chi connectivity index (χ0) is 12.0. The molecular formula is C14H28N2. The van der Waals surface area contributed by atoms with Gasteiger partial charge in [-0.15, -0.1) is 0 Å². The number of piperazine rings is 1. The summed E-state index contributed by atoms with van der Waals surface area (Å²) in [6, 6.07) is 0.658. The van der Waals surface area contributed by atoms with Crippen LogP contribution in [0.25, 0.3) is 0 Å². The molecule has 1 heterocycles. The maximum Gasteiger partial charge on any atom is 0.0309 e. The summed E-state index contributed by atoms with van der Waals surface area (Å²) in [6.07, 6.45) is 4.09. The number of hydrogen-bond acceptors (Lipinski definition) is 2. The number of nitrogens with one attached hydrogen (secondary N) is 1. The largest absolute Gasteiger partial charge is 0.308 e. The molecule has 2 rings (SSSR count). The van der Waals surface area contributed by atoms with Gasteiger partial charge in [-0.05, 0) is 52.9 Å². The van der Waals surface area contributed by atoms with Crippen molar-refractivity contribution in [3.05, 3.63) is 0 Å². The van der Waals surface area contributed by atoms with Crippen LogP contribution in [0.15, 0.2) is 0 Å². The lowest BCUT2D eigenvalue weighted by Gasteiger charge is -2.54. The van der Waals surface area contributed by atoms with Crippen molar-refractivity contribution >= 4 is 0 Å². The van der Waals surface area contributed by atoms with Crippen molar-refractivity contribution < 1.29 is 0 Å². The third-order valence-electron chi connectivity index (χ3n) is 4.93. The van der Waals surface area contributed by atoms with Crippen molar-refractivity contribution in [2.75, 3.05) is 13.1 Å². The summed E-state index contributed by atoms with van der Waals surface area (Å²) < 4.78 is 0. The van der Waals surface area contributed by atoms with E-state index in [0.29, 0.717) is 17.1 Å². The molecule has 0 aromatic heterocycles. The molecule has 0 radical (unpaired) electrons. The number of nitrogens with zero attached hydrogens (tertiary/aromatic N) is 1. The number of hydrogen-bond donors (Lipinski definition) is 1. The van der Waals surface area contributed by atoms with Crippen LogP contribution in [0.4, 0.5) is 0 Å². The minimum Gasteiger partial charge on any atom is -0.308 e. The summed E-state index contributed by atoms with van der Waals surface area (Å²) in [5, 5.41) is 3.84. The van der Waals surface area contributed by atoms with Gasteiger partial charge in [0.05, 0.1) is 0 Å². The van der Waals surface area contributed by atoms with Gasteiger partial charge in [-0.1, -0.05) is 6.92 Å². The van der Waals surface area contributed by atoms with E-state index in [1.54, 1.807) is 0 Å². The third kappa shape index (κ3) is 2.02. The zero-order valence-corrected chi connectivity index (χ0v) is 11.6. The highest BCUT2D eigenvalue weighted by Gasteiger charge is 2.49. The van der Waals surface area contributed by atoms with Crippen molar-refractivity contribution in [1.29, 1.82) is 0 Å². The van der Waals surface area contributed by atoms with Crippen molar-refractivity contribution in [3.63, 3.8) is 0 Å². The Kier molecular flexibility index (Phi) is 3.09. The van der Waals surface area contributed by atoms with Crippen LogP contribution in [0.2, 0.25) is 0 Å². The first kappa shape index (κ1) is 12.4. The Hall–Kier alpha value is -0.0800.